The third kappa shape index (κ3) is 5.96. The average Bonchev–Trinajstić information content (AvgIpc) is 2.32. The van der Waals surface area contributed by atoms with Gasteiger partial charge in [0.05, 0.1) is 12.8 Å². The number of hydrogen-bond acceptors (Lipinski definition) is 3. The molecule has 0 saturated heterocycles. The third-order valence-electron chi connectivity index (χ3n) is 2.57. The molecule has 1 amide bonds. The topological polar surface area (TPSA) is 38.8 Å². The highest BCUT2D eigenvalue weighted by molar-refractivity contribution is 9.10. The number of hydrogen-bond donors (Lipinski definition) is 0. The zero-order valence-electron chi connectivity index (χ0n) is 13.6. The van der Waals surface area contributed by atoms with Crippen LogP contribution in [-0.4, -0.2) is 25.3 Å². The number of rotatable bonds is 4. The molecule has 0 saturated carbocycles. The Labute approximate surface area is 135 Å². The molecule has 5 heteroatoms. The van der Waals surface area contributed by atoms with Gasteiger partial charge in [0.1, 0.15) is 11.4 Å². The lowest BCUT2D eigenvalue weighted by Crippen LogP contribution is -2.39. The highest BCUT2D eigenvalue weighted by atomic mass is 79.9. The molecule has 0 bridgehead atoms. The van der Waals surface area contributed by atoms with Gasteiger partial charge in [-0.15, -0.1) is 0 Å². The quantitative estimate of drug-likeness (QED) is 0.772. The summed E-state index contributed by atoms with van der Waals surface area (Å²) >= 11 is 3.44. The lowest BCUT2D eigenvalue weighted by molar-refractivity contribution is 0.0576. The van der Waals surface area contributed by atoms with E-state index in [0.717, 1.165) is 10.2 Å². The molecule has 1 rings (SSSR count). The summed E-state index contributed by atoms with van der Waals surface area (Å²) < 4.78 is 11.6. The van der Waals surface area contributed by atoms with Gasteiger partial charge in [0.15, 0.2) is 0 Å². The Kier molecular flexibility index (Phi) is 6.08. The average molecular weight is 358 g/mol. The van der Waals surface area contributed by atoms with Crippen molar-refractivity contribution in [1.29, 1.82) is 0 Å². The van der Waals surface area contributed by atoms with Crippen molar-refractivity contribution in [3.05, 3.63) is 22.7 Å². The number of amides is 1. The molecule has 0 radical (unpaired) electrons. The van der Waals surface area contributed by atoms with E-state index >= 15 is 0 Å². The third-order valence-corrected chi connectivity index (χ3v) is 3.02. The Bertz CT molecular complexity index is 495. The summed E-state index contributed by atoms with van der Waals surface area (Å²) in [5.41, 5.74) is 0.228. The van der Waals surface area contributed by atoms with Crippen molar-refractivity contribution in [2.75, 3.05) is 18.6 Å². The smallest absolute Gasteiger partial charge is 0.414 e. The fourth-order valence-electron chi connectivity index (χ4n) is 1.79. The van der Waals surface area contributed by atoms with Crippen molar-refractivity contribution in [2.45, 2.75) is 40.2 Å². The maximum absolute atomic E-state index is 12.5. The summed E-state index contributed by atoms with van der Waals surface area (Å²) in [6, 6.07) is 5.57. The van der Waals surface area contributed by atoms with E-state index in [9.17, 15) is 4.79 Å². The highest BCUT2D eigenvalue weighted by Crippen LogP contribution is 2.29. The minimum absolute atomic E-state index is 0.322. The molecule has 0 spiro atoms. The molecule has 0 heterocycles. The number of benzene rings is 1. The Balaban J connectivity index is 3.13. The van der Waals surface area contributed by atoms with Crippen molar-refractivity contribution in [2.24, 2.45) is 5.92 Å². The summed E-state index contributed by atoms with van der Waals surface area (Å²) in [6.45, 7) is 10.3. The van der Waals surface area contributed by atoms with Gasteiger partial charge < -0.3 is 9.47 Å². The summed E-state index contributed by atoms with van der Waals surface area (Å²) in [4.78, 5) is 14.1. The van der Waals surface area contributed by atoms with Gasteiger partial charge >= 0.3 is 6.09 Å². The normalized spacial score (nSPS) is 11.4. The number of nitrogens with zero attached hydrogens (tertiary/aromatic N) is 1. The molecule has 0 unspecified atom stereocenters. The van der Waals surface area contributed by atoms with Crippen molar-refractivity contribution >= 4 is 27.7 Å². The first-order valence-electron chi connectivity index (χ1n) is 6.97. The largest absolute Gasteiger partial charge is 0.497 e. The molecule has 0 aliphatic heterocycles. The molecule has 21 heavy (non-hydrogen) atoms. The molecule has 1 aromatic carbocycles. The van der Waals surface area contributed by atoms with E-state index in [1.54, 1.807) is 12.0 Å². The molecule has 4 nitrogen and oxygen atoms in total. The fourth-order valence-corrected chi connectivity index (χ4v) is 2.25. The molecule has 0 aromatic heterocycles. The SMILES string of the molecule is COc1cc(Br)cc(N(CC(C)C)C(=O)OC(C)(C)C)c1. The van der Waals surface area contributed by atoms with Crippen molar-refractivity contribution in [1.82, 2.24) is 0 Å². The number of halogens is 1. The van der Waals surface area contributed by atoms with Crippen LogP contribution in [0.5, 0.6) is 5.75 Å². The minimum atomic E-state index is -0.525. The molecule has 0 aliphatic carbocycles. The van der Waals surface area contributed by atoms with Crippen molar-refractivity contribution < 1.29 is 14.3 Å². The van der Waals surface area contributed by atoms with E-state index in [1.165, 1.54) is 0 Å². The molecule has 118 valence electrons. The predicted octanol–water partition coefficient (Wildman–Crippen LogP) is 4.86. The van der Waals surface area contributed by atoms with Crippen LogP contribution in [0.4, 0.5) is 10.5 Å². The van der Waals surface area contributed by atoms with Crippen LogP contribution in [0.3, 0.4) is 0 Å². The number of anilines is 1. The summed E-state index contributed by atoms with van der Waals surface area (Å²) in [5, 5.41) is 0. The molecule has 0 aliphatic rings. The van der Waals surface area contributed by atoms with Crippen LogP contribution >= 0.6 is 15.9 Å². The van der Waals surface area contributed by atoms with Gasteiger partial charge in [0.25, 0.3) is 0 Å². The second-order valence-corrected chi connectivity index (χ2v) is 7.25. The lowest BCUT2D eigenvalue weighted by Gasteiger charge is -2.29. The minimum Gasteiger partial charge on any atom is -0.497 e. The van der Waals surface area contributed by atoms with Crippen LogP contribution in [0.1, 0.15) is 34.6 Å². The van der Waals surface area contributed by atoms with E-state index in [4.69, 9.17) is 9.47 Å². The first-order chi connectivity index (χ1) is 9.62. The summed E-state index contributed by atoms with van der Waals surface area (Å²) in [6.07, 6.45) is -0.351. The van der Waals surface area contributed by atoms with E-state index < -0.39 is 5.60 Å². The number of carbonyl (C=O) groups is 1. The zero-order valence-corrected chi connectivity index (χ0v) is 15.2. The van der Waals surface area contributed by atoms with E-state index in [-0.39, 0.29) is 6.09 Å². The van der Waals surface area contributed by atoms with Gasteiger partial charge in [-0.05, 0) is 38.8 Å². The number of ether oxygens (including phenoxy) is 2. The lowest BCUT2D eigenvalue weighted by atomic mass is 10.2. The van der Waals surface area contributed by atoms with Gasteiger partial charge in [-0.2, -0.15) is 0 Å². The summed E-state index contributed by atoms with van der Waals surface area (Å²) in [5.74, 6) is 1.01. The van der Waals surface area contributed by atoms with Gasteiger partial charge in [0, 0.05) is 17.1 Å². The Hall–Kier alpha value is -1.23. The van der Waals surface area contributed by atoms with E-state index in [0.29, 0.717) is 18.2 Å². The van der Waals surface area contributed by atoms with Crippen LogP contribution in [-0.2, 0) is 4.74 Å². The molecular weight excluding hydrogens is 334 g/mol. The molecule has 0 fully saturated rings. The Morgan fingerprint density at radius 3 is 2.38 bits per heavy atom. The van der Waals surface area contributed by atoms with Crippen LogP contribution in [0.15, 0.2) is 22.7 Å². The Morgan fingerprint density at radius 2 is 1.90 bits per heavy atom. The standard InChI is InChI=1S/C16H24BrNO3/c1-11(2)10-18(15(19)21-16(3,4)5)13-7-12(17)8-14(9-13)20-6/h7-9,11H,10H2,1-6H3. The van der Waals surface area contributed by atoms with Crippen molar-refractivity contribution in [3.63, 3.8) is 0 Å². The molecule has 0 N–H and O–H groups in total. The predicted molar refractivity (Wildman–Crippen MR) is 89.1 cm³/mol. The first-order valence-corrected chi connectivity index (χ1v) is 7.77. The maximum Gasteiger partial charge on any atom is 0.414 e. The fraction of sp³-hybridized carbons (Fsp3) is 0.562. The van der Waals surface area contributed by atoms with Gasteiger partial charge in [-0.25, -0.2) is 4.79 Å². The second-order valence-electron chi connectivity index (χ2n) is 6.33. The monoisotopic (exact) mass is 357 g/mol. The zero-order chi connectivity index (χ0) is 16.2. The summed E-state index contributed by atoms with van der Waals surface area (Å²) in [7, 11) is 1.60. The number of carbonyl (C=O) groups excluding carboxylic acids is 1. The van der Waals surface area contributed by atoms with E-state index in [2.05, 4.69) is 29.8 Å². The maximum atomic E-state index is 12.5. The first kappa shape index (κ1) is 17.8. The van der Waals surface area contributed by atoms with E-state index in [1.807, 2.05) is 39.0 Å². The molecular formula is C16H24BrNO3. The van der Waals surface area contributed by atoms with Crippen molar-refractivity contribution in [3.8, 4) is 5.75 Å². The van der Waals surface area contributed by atoms with Crippen LogP contribution in [0, 0.1) is 5.92 Å². The second kappa shape index (κ2) is 7.16. The molecule has 0 atom stereocenters. The molecule has 1 aromatic rings. The Morgan fingerprint density at radius 1 is 1.29 bits per heavy atom. The van der Waals surface area contributed by atoms with Crippen LogP contribution < -0.4 is 9.64 Å². The van der Waals surface area contributed by atoms with Gasteiger partial charge in [0.2, 0.25) is 0 Å². The van der Waals surface area contributed by atoms with Gasteiger partial charge in [-0.1, -0.05) is 29.8 Å². The van der Waals surface area contributed by atoms with Crippen LogP contribution in [0.2, 0.25) is 0 Å². The van der Waals surface area contributed by atoms with Crippen LogP contribution in [0.25, 0.3) is 0 Å². The number of methoxy groups -OCH3 is 1. The highest BCUT2D eigenvalue weighted by Gasteiger charge is 2.24. The van der Waals surface area contributed by atoms with Gasteiger partial charge in [-0.3, -0.25) is 4.90 Å².